The van der Waals surface area contributed by atoms with Gasteiger partial charge in [-0.15, -0.1) is 0 Å². The summed E-state index contributed by atoms with van der Waals surface area (Å²) in [5.41, 5.74) is -0.196. The molecule has 0 aromatic heterocycles. The summed E-state index contributed by atoms with van der Waals surface area (Å²) in [6, 6.07) is 0. The van der Waals surface area contributed by atoms with Crippen LogP contribution in [0.15, 0.2) is 0 Å². The molecule has 13 heavy (non-hydrogen) atoms. The van der Waals surface area contributed by atoms with Crippen molar-refractivity contribution < 1.29 is 19.0 Å². The Balaban J connectivity index is 2.34. The Kier molecular flexibility index (Phi) is 3.27. The van der Waals surface area contributed by atoms with Crippen LogP contribution < -0.4 is 0 Å². The maximum atomic E-state index is 10.6. The van der Waals surface area contributed by atoms with E-state index in [1.807, 2.05) is 13.8 Å². The van der Waals surface area contributed by atoms with Crippen LogP contribution in [0.25, 0.3) is 0 Å². The molecule has 0 atom stereocenters. The standard InChI is InChI=1S/C9H16O4/c1-7(10)11-4-9(3)5-12-8(2)13-6-9/h8H,4-6H2,1-3H3. The Morgan fingerprint density at radius 3 is 2.54 bits per heavy atom. The lowest BCUT2D eigenvalue weighted by Gasteiger charge is -2.35. The molecule has 1 fully saturated rings. The average Bonchev–Trinajstić information content (AvgIpc) is 2.08. The minimum Gasteiger partial charge on any atom is -0.465 e. The van der Waals surface area contributed by atoms with Crippen LogP contribution in [0.3, 0.4) is 0 Å². The Hall–Kier alpha value is -0.610. The highest BCUT2D eigenvalue weighted by Crippen LogP contribution is 2.24. The number of ether oxygens (including phenoxy) is 3. The fraction of sp³-hybridized carbons (Fsp3) is 0.889. The molecule has 1 saturated heterocycles. The summed E-state index contributed by atoms with van der Waals surface area (Å²) in [6.45, 7) is 6.72. The number of esters is 1. The molecule has 76 valence electrons. The predicted molar refractivity (Wildman–Crippen MR) is 46.1 cm³/mol. The first-order valence-electron chi connectivity index (χ1n) is 4.38. The molecule has 0 N–H and O–H groups in total. The molecule has 1 heterocycles. The molecule has 0 spiro atoms. The average molecular weight is 188 g/mol. The molecule has 0 unspecified atom stereocenters. The van der Waals surface area contributed by atoms with Crippen molar-refractivity contribution in [3.63, 3.8) is 0 Å². The highest BCUT2D eigenvalue weighted by Gasteiger charge is 2.32. The third-order valence-corrected chi connectivity index (χ3v) is 1.96. The third-order valence-electron chi connectivity index (χ3n) is 1.96. The molecule has 4 nitrogen and oxygen atoms in total. The molecule has 4 heteroatoms. The van der Waals surface area contributed by atoms with Crippen LogP contribution >= 0.6 is 0 Å². The fourth-order valence-electron chi connectivity index (χ4n) is 1.09. The molecular weight excluding hydrogens is 172 g/mol. The van der Waals surface area contributed by atoms with Crippen molar-refractivity contribution in [2.45, 2.75) is 27.1 Å². The monoisotopic (exact) mass is 188 g/mol. The van der Waals surface area contributed by atoms with Gasteiger partial charge >= 0.3 is 5.97 Å². The molecule has 1 rings (SSSR count). The van der Waals surface area contributed by atoms with Gasteiger partial charge in [0.1, 0.15) is 6.61 Å². The number of rotatable bonds is 2. The molecule has 0 radical (unpaired) electrons. The zero-order valence-corrected chi connectivity index (χ0v) is 8.33. The molecule has 0 bridgehead atoms. The first-order chi connectivity index (χ1) is 6.02. The van der Waals surface area contributed by atoms with E-state index in [1.165, 1.54) is 6.92 Å². The van der Waals surface area contributed by atoms with Gasteiger partial charge in [0.2, 0.25) is 0 Å². The van der Waals surface area contributed by atoms with Crippen LogP contribution in [0.5, 0.6) is 0 Å². The number of carbonyl (C=O) groups is 1. The Bertz CT molecular complexity index is 182. The topological polar surface area (TPSA) is 44.8 Å². The van der Waals surface area contributed by atoms with Crippen LogP contribution in [0.4, 0.5) is 0 Å². The maximum absolute atomic E-state index is 10.6. The van der Waals surface area contributed by atoms with Crippen LogP contribution in [-0.4, -0.2) is 32.1 Å². The Labute approximate surface area is 78.2 Å². The second-order valence-electron chi connectivity index (χ2n) is 3.78. The fourth-order valence-corrected chi connectivity index (χ4v) is 1.09. The lowest BCUT2D eigenvalue weighted by Crippen LogP contribution is -2.42. The Morgan fingerprint density at radius 2 is 2.08 bits per heavy atom. The van der Waals surface area contributed by atoms with Crippen molar-refractivity contribution in [1.82, 2.24) is 0 Å². The molecular formula is C9H16O4. The van der Waals surface area contributed by atoms with Crippen molar-refractivity contribution in [2.24, 2.45) is 5.41 Å². The Morgan fingerprint density at radius 1 is 1.54 bits per heavy atom. The summed E-state index contributed by atoms with van der Waals surface area (Å²) >= 11 is 0. The van der Waals surface area contributed by atoms with Gasteiger partial charge in [-0.2, -0.15) is 0 Å². The largest absolute Gasteiger partial charge is 0.465 e. The maximum Gasteiger partial charge on any atom is 0.302 e. The third kappa shape index (κ3) is 3.32. The van der Waals surface area contributed by atoms with Gasteiger partial charge in [-0.1, -0.05) is 6.92 Å². The van der Waals surface area contributed by atoms with Gasteiger partial charge in [-0.3, -0.25) is 4.79 Å². The molecule has 1 aliphatic heterocycles. The highest BCUT2D eigenvalue weighted by molar-refractivity contribution is 5.65. The highest BCUT2D eigenvalue weighted by atomic mass is 16.7. The molecule has 0 aromatic rings. The van der Waals surface area contributed by atoms with Gasteiger partial charge < -0.3 is 14.2 Å². The van der Waals surface area contributed by atoms with Crippen LogP contribution in [0, 0.1) is 5.41 Å². The molecule has 0 aromatic carbocycles. The minimum absolute atomic E-state index is 0.148. The molecule has 0 saturated carbocycles. The summed E-state index contributed by atoms with van der Waals surface area (Å²) in [4.78, 5) is 10.6. The van der Waals surface area contributed by atoms with E-state index in [1.54, 1.807) is 0 Å². The van der Waals surface area contributed by atoms with Crippen molar-refractivity contribution in [3.8, 4) is 0 Å². The van der Waals surface area contributed by atoms with Gasteiger partial charge in [0.25, 0.3) is 0 Å². The first kappa shape index (κ1) is 10.5. The van der Waals surface area contributed by atoms with E-state index in [4.69, 9.17) is 14.2 Å². The molecule has 0 amide bonds. The van der Waals surface area contributed by atoms with E-state index in [9.17, 15) is 4.79 Å². The summed E-state index contributed by atoms with van der Waals surface area (Å²) < 4.78 is 15.5. The zero-order valence-electron chi connectivity index (χ0n) is 8.33. The van der Waals surface area contributed by atoms with E-state index in [-0.39, 0.29) is 17.7 Å². The van der Waals surface area contributed by atoms with Crippen LogP contribution in [-0.2, 0) is 19.0 Å². The minimum atomic E-state index is -0.264. The van der Waals surface area contributed by atoms with Gasteiger partial charge in [-0.25, -0.2) is 0 Å². The second-order valence-corrected chi connectivity index (χ2v) is 3.78. The van der Waals surface area contributed by atoms with Crippen molar-refractivity contribution in [1.29, 1.82) is 0 Å². The number of hydrogen-bond acceptors (Lipinski definition) is 4. The van der Waals surface area contributed by atoms with Crippen molar-refractivity contribution in [2.75, 3.05) is 19.8 Å². The second kappa shape index (κ2) is 4.07. The van der Waals surface area contributed by atoms with Crippen molar-refractivity contribution in [3.05, 3.63) is 0 Å². The predicted octanol–water partition coefficient (Wildman–Crippen LogP) is 0.949. The lowest BCUT2D eigenvalue weighted by atomic mass is 9.93. The number of hydrogen-bond donors (Lipinski definition) is 0. The summed E-state index contributed by atoms with van der Waals surface area (Å²) in [5, 5.41) is 0. The van der Waals surface area contributed by atoms with Crippen LogP contribution in [0.1, 0.15) is 20.8 Å². The molecule has 1 aliphatic rings. The van der Waals surface area contributed by atoms with Gasteiger partial charge in [-0.05, 0) is 6.92 Å². The zero-order chi connectivity index (χ0) is 9.90. The summed E-state index contributed by atoms with van der Waals surface area (Å²) in [7, 11) is 0. The number of carbonyl (C=O) groups excluding carboxylic acids is 1. The smallest absolute Gasteiger partial charge is 0.302 e. The lowest BCUT2D eigenvalue weighted by molar-refractivity contribution is -0.226. The van der Waals surface area contributed by atoms with E-state index in [0.29, 0.717) is 19.8 Å². The quantitative estimate of drug-likeness (QED) is 0.605. The van der Waals surface area contributed by atoms with Crippen LogP contribution in [0.2, 0.25) is 0 Å². The van der Waals surface area contributed by atoms with Gasteiger partial charge in [0.05, 0.1) is 13.2 Å². The SMILES string of the molecule is CC(=O)OCC1(C)COC(C)OC1. The van der Waals surface area contributed by atoms with E-state index < -0.39 is 0 Å². The van der Waals surface area contributed by atoms with Crippen molar-refractivity contribution >= 4 is 5.97 Å². The molecule has 0 aliphatic carbocycles. The summed E-state index contributed by atoms with van der Waals surface area (Å²) in [5.74, 6) is -0.264. The normalized spacial score (nSPS) is 34.2. The van der Waals surface area contributed by atoms with Gasteiger partial charge in [0.15, 0.2) is 6.29 Å². The van der Waals surface area contributed by atoms with E-state index in [0.717, 1.165) is 0 Å². The first-order valence-corrected chi connectivity index (χ1v) is 4.38. The van der Waals surface area contributed by atoms with E-state index in [2.05, 4.69) is 0 Å². The summed E-state index contributed by atoms with van der Waals surface area (Å²) in [6.07, 6.45) is -0.148. The van der Waals surface area contributed by atoms with E-state index >= 15 is 0 Å². The van der Waals surface area contributed by atoms with Gasteiger partial charge in [0, 0.05) is 12.3 Å².